The van der Waals surface area contributed by atoms with Gasteiger partial charge in [-0.2, -0.15) is 0 Å². The van der Waals surface area contributed by atoms with Gasteiger partial charge >= 0.3 is 11.9 Å². The monoisotopic (exact) mass is 833 g/mol. The van der Waals surface area contributed by atoms with Crippen molar-refractivity contribution in [3.8, 4) is 0 Å². The molecule has 0 heterocycles. The normalized spacial score (nSPS) is 11.9. The van der Waals surface area contributed by atoms with Crippen LogP contribution in [0.5, 0.6) is 0 Å². The maximum Gasteiger partial charge on any atom is 0.318 e. The molecule has 0 bridgehead atoms. The van der Waals surface area contributed by atoms with Gasteiger partial charge in [-0.05, 0) is 36.5 Å². The highest BCUT2D eigenvalue weighted by molar-refractivity contribution is 8.18. The Hall–Kier alpha value is -0.0100. The first kappa shape index (κ1) is 57.1. The number of carboxylic acids is 2. The van der Waals surface area contributed by atoms with Crippen LogP contribution in [0.15, 0.2) is 0 Å². The van der Waals surface area contributed by atoms with E-state index in [2.05, 4.69) is 20.8 Å². The van der Waals surface area contributed by atoms with Gasteiger partial charge in [0.2, 0.25) is 0 Å². The zero-order valence-electron chi connectivity index (χ0n) is 37.4. The van der Waals surface area contributed by atoms with Crippen molar-refractivity contribution in [1.29, 1.82) is 0 Å². The van der Waals surface area contributed by atoms with Crippen LogP contribution in [0.25, 0.3) is 0 Å². The molecule has 0 rings (SSSR count). The van der Waals surface area contributed by atoms with Gasteiger partial charge in [0.25, 0.3) is 0 Å². The van der Waals surface area contributed by atoms with Gasteiger partial charge in [0.1, 0.15) is 5.25 Å². The first-order valence-electron chi connectivity index (χ1n) is 24.2. The van der Waals surface area contributed by atoms with E-state index in [-0.39, 0.29) is 16.3 Å². The summed E-state index contributed by atoms with van der Waals surface area (Å²) in [6.45, 7) is 8.48. The van der Waals surface area contributed by atoms with E-state index < -0.39 is 11.9 Å². The molecule has 1 unspecified atom stereocenters. The molecule has 2 N–H and O–H groups in total. The second kappa shape index (κ2) is 50.1. The van der Waals surface area contributed by atoms with Crippen LogP contribution in [0.4, 0.5) is 0 Å². The SMILES string of the molecule is CCC(=O)O.CCCCCCCCCCCCCCCCCCSC(C(=O)O)C(SCCCCCCCCCCCC)SCCCCCCCCCCCC. The number of thioether (sulfide) groups is 3. The van der Waals surface area contributed by atoms with Gasteiger partial charge in [-0.1, -0.05) is 240 Å². The third-order valence-electron chi connectivity index (χ3n) is 10.6. The summed E-state index contributed by atoms with van der Waals surface area (Å²) >= 11 is 5.68. The number of unbranched alkanes of at least 4 members (excludes halogenated alkanes) is 33. The minimum atomic E-state index is -0.745. The molecule has 0 spiro atoms. The van der Waals surface area contributed by atoms with Crippen molar-refractivity contribution in [1.82, 2.24) is 0 Å². The lowest BCUT2D eigenvalue weighted by Crippen LogP contribution is -2.28. The molecule has 4 nitrogen and oxygen atoms in total. The molecule has 1 atom stereocenters. The average molecular weight is 833 g/mol. The number of carboxylic acid groups (broad SMARTS) is 2. The Labute approximate surface area is 357 Å². The Morgan fingerprint density at radius 1 is 0.345 bits per heavy atom. The first-order valence-corrected chi connectivity index (χ1v) is 27.4. The van der Waals surface area contributed by atoms with E-state index in [0.29, 0.717) is 0 Å². The Morgan fingerprint density at radius 2 is 0.545 bits per heavy atom. The fourth-order valence-corrected chi connectivity index (χ4v) is 11.5. The zero-order valence-corrected chi connectivity index (χ0v) is 39.8. The van der Waals surface area contributed by atoms with Gasteiger partial charge < -0.3 is 10.2 Å². The summed E-state index contributed by atoms with van der Waals surface area (Å²) in [6, 6.07) is 0. The second-order valence-electron chi connectivity index (χ2n) is 16.2. The maximum atomic E-state index is 12.5. The number of carbonyl (C=O) groups is 2. The largest absolute Gasteiger partial charge is 0.481 e. The summed E-state index contributed by atoms with van der Waals surface area (Å²) in [5, 5.41) is 17.7. The van der Waals surface area contributed by atoms with Crippen LogP contribution in [0, 0.1) is 0 Å². The van der Waals surface area contributed by atoms with Crippen LogP contribution in [-0.4, -0.2) is 49.2 Å². The minimum Gasteiger partial charge on any atom is -0.481 e. The van der Waals surface area contributed by atoms with Crippen molar-refractivity contribution in [2.75, 3.05) is 17.3 Å². The summed E-state index contributed by atoms with van der Waals surface area (Å²) in [6.07, 6.45) is 49.6. The molecule has 7 heteroatoms. The second-order valence-corrected chi connectivity index (χ2v) is 20.2. The Morgan fingerprint density at radius 3 is 0.745 bits per heavy atom. The van der Waals surface area contributed by atoms with Crippen molar-refractivity contribution in [3.05, 3.63) is 0 Å². The van der Waals surface area contributed by atoms with Crippen molar-refractivity contribution in [3.63, 3.8) is 0 Å². The summed E-state index contributed by atoms with van der Waals surface area (Å²) in [5.74, 6) is 1.92. The predicted molar refractivity (Wildman–Crippen MR) is 254 cm³/mol. The average Bonchev–Trinajstić information content (AvgIpc) is 3.18. The topological polar surface area (TPSA) is 74.6 Å². The smallest absolute Gasteiger partial charge is 0.318 e. The Bertz CT molecular complexity index is 727. The highest BCUT2D eigenvalue weighted by atomic mass is 32.2. The Balaban J connectivity index is 0. The standard InChI is InChI=1S/C45H90O2S3.C3H6O2/c1-4-7-10-13-16-19-22-23-24-25-26-27-30-31-34-37-40-48-43(44(46)47)45(49-41-38-35-32-28-20-17-14-11-8-5-2)50-42-39-36-33-29-21-18-15-12-9-6-3;1-2-3(4)5/h43,45H,4-42H2,1-3H3,(H,46,47);2H2,1H3,(H,4,5). The summed E-state index contributed by atoms with van der Waals surface area (Å²) in [4.78, 5) is 21.9. The summed E-state index contributed by atoms with van der Waals surface area (Å²) in [5.41, 5.74) is 0. The minimum absolute atomic E-state index is 0.190. The van der Waals surface area contributed by atoms with Crippen LogP contribution in [-0.2, 0) is 9.59 Å². The molecule has 0 radical (unpaired) electrons. The van der Waals surface area contributed by atoms with Crippen LogP contribution < -0.4 is 0 Å². The maximum absolute atomic E-state index is 12.5. The fourth-order valence-electron chi connectivity index (χ4n) is 6.93. The molecule has 0 aliphatic carbocycles. The number of hydrogen-bond donors (Lipinski definition) is 2. The van der Waals surface area contributed by atoms with E-state index >= 15 is 0 Å². The molecule has 0 fully saturated rings. The van der Waals surface area contributed by atoms with Crippen LogP contribution in [0.2, 0.25) is 0 Å². The predicted octanol–water partition coefficient (Wildman–Crippen LogP) is 17.5. The molecule has 0 aromatic carbocycles. The number of aliphatic carboxylic acids is 2. The first-order chi connectivity index (χ1) is 26.9. The quantitative estimate of drug-likeness (QED) is 0.0467. The molecule has 0 saturated heterocycles. The molecule has 330 valence electrons. The number of hydrogen-bond acceptors (Lipinski definition) is 5. The molecule has 0 aliphatic rings. The molecule has 0 aromatic heterocycles. The summed E-state index contributed by atoms with van der Waals surface area (Å²) < 4.78 is 0.190. The van der Waals surface area contributed by atoms with Gasteiger partial charge in [-0.15, -0.1) is 35.3 Å². The summed E-state index contributed by atoms with van der Waals surface area (Å²) in [7, 11) is 0. The van der Waals surface area contributed by atoms with E-state index in [1.807, 2.05) is 23.5 Å². The van der Waals surface area contributed by atoms with E-state index in [0.717, 1.165) is 17.3 Å². The van der Waals surface area contributed by atoms with Gasteiger partial charge in [-0.3, -0.25) is 9.59 Å². The molecule has 0 saturated carbocycles. The van der Waals surface area contributed by atoms with Crippen molar-refractivity contribution < 1.29 is 19.8 Å². The molecule has 0 aromatic rings. The highest BCUT2D eigenvalue weighted by Gasteiger charge is 2.29. The van der Waals surface area contributed by atoms with Gasteiger partial charge in [0.05, 0.1) is 4.58 Å². The molecule has 0 aliphatic heterocycles. The van der Waals surface area contributed by atoms with Gasteiger partial charge in [-0.25, -0.2) is 0 Å². The Kier molecular flexibility index (Phi) is 52.0. The number of rotatable bonds is 45. The zero-order chi connectivity index (χ0) is 40.7. The van der Waals surface area contributed by atoms with E-state index in [1.54, 1.807) is 18.7 Å². The highest BCUT2D eigenvalue weighted by Crippen LogP contribution is 2.36. The van der Waals surface area contributed by atoms with Gasteiger partial charge in [0, 0.05) is 6.42 Å². The molecular weight excluding hydrogens is 737 g/mol. The van der Waals surface area contributed by atoms with Crippen molar-refractivity contribution in [2.24, 2.45) is 0 Å². The van der Waals surface area contributed by atoms with E-state index in [1.165, 1.54) is 231 Å². The van der Waals surface area contributed by atoms with Crippen molar-refractivity contribution >= 4 is 47.2 Å². The van der Waals surface area contributed by atoms with Gasteiger partial charge in [0.15, 0.2) is 0 Å². The molecule has 55 heavy (non-hydrogen) atoms. The fraction of sp³-hybridized carbons (Fsp3) is 0.958. The third kappa shape index (κ3) is 48.3. The molecule has 0 amide bonds. The lowest BCUT2D eigenvalue weighted by molar-refractivity contribution is -0.137. The third-order valence-corrected chi connectivity index (χ3v) is 15.4. The van der Waals surface area contributed by atoms with E-state index in [4.69, 9.17) is 5.11 Å². The lowest BCUT2D eigenvalue weighted by Gasteiger charge is -2.23. The lowest BCUT2D eigenvalue weighted by atomic mass is 10.0. The van der Waals surface area contributed by atoms with Crippen LogP contribution in [0.1, 0.15) is 265 Å². The molecular formula is C48H96O4S3. The van der Waals surface area contributed by atoms with Crippen LogP contribution in [0.3, 0.4) is 0 Å². The van der Waals surface area contributed by atoms with Crippen molar-refractivity contribution in [2.45, 2.75) is 275 Å². The van der Waals surface area contributed by atoms with E-state index in [9.17, 15) is 14.7 Å². The van der Waals surface area contributed by atoms with Crippen LogP contribution >= 0.6 is 35.3 Å².